The third-order valence-corrected chi connectivity index (χ3v) is 4.54. The molecule has 0 spiro atoms. The van der Waals surface area contributed by atoms with Gasteiger partial charge in [0.2, 0.25) is 11.0 Å². The summed E-state index contributed by atoms with van der Waals surface area (Å²) in [4.78, 5) is 12.1. The Morgan fingerprint density at radius 3 is 2.76 bits per heavy atom. The highest BCUT2D eigenvalue weighted by Crippen LogP contribution is 2.25. The Bertz CT molecular complexity index is 573. The van der Waals surface area contributed by atoms with Crippen LogP contribution in [0.1, 0.15) is 30.0 Å². The van der Waals surface area contributed by atoms with Crippen molar-refractivity contribution in [3.05, 3.63) is 40.9 Å². The monoisotopic (exact) mass is 322 g/mol. The maximum Gasteiger partial charge on any atom is 0.221 e. The highest BCUT2D eigenvalue weighted by molar-refractivity contribution is 7.99. The van der Waals surface area contributed by atoms with Gasteiger partial charge >= 0.3 is 0 Å². The molecule has 1 atom stereocenters. The number of rotatable bonds is 7. The van der Waals surface area contributed by atoms with Crippen molar-refractivity contribution in [2.24, 2.45) is 0 Å². The van der Waals surface area contributed by atoms with Gasteiger partial charge in [-0.25, -0.2) is 0 Å². The molecule has 0 aliphatic heterocycles. The Balaban J connectivity index is 2.11. The minimum Gasteiger partial charge on any atom is -0.374 e. The van der Waals surface area contributed by atoms with Gasteiger partial charge in [-0.1, -0.05) is 48.6 Å². The number of benzene rings is 1. The molecule has 1 aromatic carbocycles. The minimum absolute atomic E-state index is 0.0126. The van der Waals surface area contributed by atoms with E-state index in [-0.39, 0.29) is 11.9 Å². The lowest BCUT2D eigenvalue weighted by Gasteiger charge is -2.16. The molecule has 1 heterocycles. The van der Waals surface area contributed by atoms with E-state index in [4.69, 9.17) is 5.73 Å². The van der Waals surface area contributed by atoms with Crippen LogP contribution in [0.5, 0.6) is 0 Å². The summed E-state index contributed by atoms with van der Waals surface area (Å²) in [6.07, 6.45) is 0.496. The van der Waals surface area contributed by atoms with Gasteiger partial charge in [-0.2, -0.15) is 11.8 Å². The number of amides is 1. The lowest BCUT2D eigenvalue weighted by atomic mass is 10.1. The van der Waals surface area contributed by atoms with Gasteiger partial charge in [-0.15, -0.1) is 10.2 Å². The maximum absolute atomic E-state index is 12.1. The van der Waals surface area contributed by atoms with Gasteiger partial charge in [0.05, 0.1) is 0 Å². The van der Waals surface area contributed by atoms with Crippen molar-refractivity contribution >= 4 is 34.1 Å². The molecule has 2 rings (SSSR count). The molecule has 0 saturated heterocycles. The van der Waals surface area contributed by atoms with Crippen LogP contribution < -0.4 is 11.1 Å². The summed E-state index contributed by atoms with van der Waals surface area (Å²) in [5.74, 6) is 1.85. The van der Waals surface area contributed by atoms with Gasteiger partial charge in [0, 0.05) is 12.2 Å². The lowest BCUT2D eigenvalue weighted by molar-refractivity contribution is -0.121. The molecule has 0 bridgehead atoms. The zero-order valence-electron chi connectivity index (χ0n) is 11.8. The molecule has 0 radical (unpaired) electrons. The van der Waals surface area contributed by atoms with Gasteiger partial charge in [0.1, 0.15) is 11.0 Å². The Kier molecular flexibility index (Phi) is 6.01. The summed E-state index contributed by atoms with van der Waals surface area (Å²) in [5, 5.41) is 12.0. The van der Waals surface area contributed by atoms with Crippen LogP contribution in [-0.4, -0.2) is 27.6 Å². The second kappa shape index (κ2) is 7.99. The Morgan fingerprint density at radius 1 is 1.38 bits per heavy atom. The van der Waals surface area contributed by atoms with Crippen molar-refractivity contribution in [1.29, 1.82) is 0 Å². The molecule has 0 aliphatic rings. The fraction of sp³-hybridized carbons (Fsp3) is 0.357. The summed E-state index contributed by atoms with van der Waals surface area (Å²) < 4.78 is 0. The molecule has 2 aromatic rings. The zero-order chi connectivity index (χ0) is 15.1. The standard InChI is InChI=1S/C14H18N4OS2/c1-2-20-9-8-11(19)16-12(10-6-4-3-5-7-10)13-17-18-14(15)21-13/h3-7,12H,2,8-9H2,1H3,(H2,15,18)(H,16,19)/t12-/m1/s1. The predicted octanol–water partition coefficient (Wildman–Crippen LogP) is 2.47. The van der Waals surface area contributed by atoms with Gasteiger partial charge in [-0.05, 0) is 11.3 Å². The number of nitrogen functional groups attached to an aromatic ring is 1. The summed E-state index contributed by atoms with van der Waals surface area (Å²) in [5.41, 5.74) is 6.63. The van der Waals surface area contributed by atoms with Gasteiger partial charge in [0.15, 0.2) is 0 Å². The summed E-state index contributed by atoms with van der Waals surface area (Å²) in [7, 11) is 0. The first-order valence-electron chi connectivity index (χ1n) is 6.71. The second-order valence-corrected chi connectivity index (χ2v) is 6.77. The normalized spacial score (nSPS) is 12.0. The fourth-order valence-electron chi connectivity index (χ4n) is 1.84. The molecule has 112 valence electrons. The SMILES string of the molecule is CCSCCC(=O)N[C@H](c1ccccc1)c1nnc(N)s1. The highest BCUT2D eigenvalue weighted by Gasteiger charge is 2.20. The molecule has 0 fully saturated rings. The number of thioether (sulfide) groups is 1. The molecule has 0 unspecified atom stereocenters. The number of hydrogen-bond donors (Lipinski definition) is 2. The Labute approximate surface area is 132 Å². The summed E-state index contributed by atoms with van der Waals surface area (Å²) >= 11 is 3.05. The van der Waals surface area contributed by atoms with E-state index in [1.54, 1.807) is 11.8 Å². The molecular weight excluding hydrogens is 304 g/mol. The Morgan fingerprint density at radius 2 is 2.14 bits per heavy atom. The van der Waals surface area contributed by atoms with E-state index in [2.05, 4.69) is 22.4 Å². The highest BCUT2D eigenvalue weighted by atomic mass is 32.2. The first kappa shape index (κ1) is 15.8. The topological polar surface area (TPSA) is 80.9 Å². The van der Waals surface area contributed by atoms with Crippen LogP contribution >= 0.6 is 23.1 Å². The van der Waals surface area contributed by atoms with Crippen molar-refractivity contribution < 1.29 is 4.79 Å². The number of anilines is 1. The third-order valence-electron chi connectivity index (χ3n) is 2.82. The van der Waals surface area contributed by atoms with E-state index in [1.807, 2.05) is 30.3 Å². The molecule has 21 heavy (non-hydrogen) atoms. The van der Waals surface area contributed by atoms with Crippen LogP contribution in [0.4, 0.5) is 5.13 Å². The van der Waals surface area contributed by atoms with Crippen LogP contribution in [0.2, 0.25) is 0 Å². The number of nitrogens with two attached hydrogens (primary N) is 1. The van der Waals surface area contributed by atoms with E-state index >= 15 is 0 Å². The number of nitrogens with zero attached hydrogens (tertiary/aromatic N) is 2. The van der Waals surface area contributed by atoms with E-state index < -0.39 is 0 Å². The van der Waals surface area contributed by atoms with Gasteiger partial charge in [-0.3, -0.25) is 4.79 Å². The lowest BCUT2D eigenvalue weighted by Crippen LogP contribution is -2.29. The third kappa shape index (κ3) is 4.71. The molecule has 1 aromatic heterocycles. The molecular formula is C14H18N4OS2. The maximum atomic E-state index is 12.1. The van der Waals surface area contributed by atoms with E-state index in [9.17, 15) is 4.79 Å². The van der Waals surface area contributed by atoms with Gasteiger partial charge in [0.25, 0.3) is 0 Å². The molecule has 7 heteroatoms. The number of hydrogen-bond acceptors (Lipinski definition) is 6. The Hall–Kier alpha value is -1.60. The first-order valence-corrected chi connectivity index (χ1v) is 8.68. The molecule has 0 saturated carbocycles. The van der Waals surface area contributed by atoms with Crippen molar-refractivity contribution in [3.8, 4) is 0 Å². The average molecular weight is 322 g/mol. The van der Waals surface area contributed by atoms with Crippen molar-refractivity contribution in [2.75, 3.05) is 17.2 Å². The molecule has 3 N–H and O–H groups in total. The molecule has 1 amide bonds. The largest absolute Gasteiger partial charge is 0.374 e. The zero-order valence-corrected chi connectivity index (χ0v) is 13.4. The van der Waals surface area contributed by atoms with E-state index in [0.29, 0.717) is 16.6 Å². The van der Waals surface area contributed by atoms with Crippen LogP contribution in [0, 0.1) is 0 Å². The van der Waals surface area contributed by atoms with E-state index in [1.165, 1.54) is 11.3 Å². The number of nitrogens with one attached hydrogen (secondary N) is 1. The fourth-order valence-corrected chi connectivity index (χ4v) is 3.15. The molecule has 5 nitrogen and oxygen atoms in total. The summed E-state index contributed by atoms with van der Waals surface area (Å²) in [6.45, 7) is 2.08. The van der Waals surface area contributed by atoms with Crippen molar-refractivity contribution in [1.82, 2.24) is 15.5 Å². The van der Waals surface area contributed by atoms with Crippen LogP contribution in [0.25, 0.3) is 0 Å². The van der Waals surface area contributed by atoms with Crippen LogP contribution in [0.3, 0.4) is 0 Å². The van der Waals surface area contributed by atoms with Crippen LogP contribution in [-0.2, 0) is 4.79 Å². The van der Waals surface area contributed by atoms with Crippen LogP contribution in [0.15, 0.2) is 30.3 Å². The number of aromatic nitrogens is 2. The minimum atomic E-state index is -0.292. The first-order chi connectivity index (χ1) is 10.2. The quantitative estimate of drug-likeness (QED) is 0.765. The van der Waals surface area contributed by atoms with Crippen molar-refractivity contribution in [2.45, 2.75) is 19.4 Å². The smallest absolute Gasteiger partial charge is 0.221 e. The number of carbonyl (C=O) groups is 1. The second-order valence-electron chi connectivity index (χ2n) is 4.34. The predicted molar refractivity (Wildman–Crippen MR) is 88.4 cm³/mol. The summed E-state index contributed by atoms with van der Waals surface area (Å²) in [6, 6.07) is 9.44. The molecule has 0 aliphatic carbocycles. The van der Waals surface area contributed by atoms with Crippen molar-refractivity contribution in [3.63, 3.8) is 0 Å². The van der Waals surface area contributed by atoms with E-state index in [0.717, 1.165) is 17.1 Å². The average Bonchev–Trinajstić information content (AvgIpc) is 2.92. The van der Waals surface area contributed by atoms with Gasteiger partial charge < -0.3 is 11.1 Å². The number of carbonyl (C=O) groups excluding carboxylic acids is 1.